The maximum atomic E-state index is 13.0. The number of hydrogen-bond donors (Lipinski definition) is 0. The predicted octanol–water partition coefficient (Wildman–Crippen LogP) is 3.36. The summed E-state index contributed by atoms with van der Waals surface area (Å²) in [4.78, 5) is 21.8. The number of rotatable bonds is 3. The van der Waals surface area contributed by atoms with Crippen LogP contribution in [-0.4, -0.2) is 46.5 Å². The van der Waals surface area contributed by atoms with Crippen molar-refractivity contribution in [3.05, 3.63) is 72.1 Å². The molecule has 5 nitrogen and oxygen atoms in total. The Bertz CT molecular complexity index is 940. The lowest BCUT2D eigenvalue weighted by molar-refractivity contribution is 0.0737. The average Bonchev–Trinajstić information content (AvgIpc) is 3.10. The summed E-state index contributed by atoms with van der Waals surface area (Å²) in [6, 6.07) is 18.2. The summed E-state index contributed by atoms with van der Waals surface area (Å²) in [7, 11) is 1.96. The maximum absolute atomic E-state index is 13.0. The third kappa shape index (κ3) is 3.33. The molecule has 5 heteroatoms. The van der Waals surface area contributed by atoms with Gasteiger partial charge in [0.2, 0.25) is 0 Å². The van der Waals surface area contributed by atoms with Crippen molar-refractivity contribution in [2.24, 2.45) is 7.05 Å². The van der Waals surface area contributed by atoms with Crippen LogP contribution in [0.4, 0.5) is 5.82 Å². The summed E-state index contributed by atoms with van der Waals surface area (Å²) in [6.45, 7) is 5.11. The fourth-order valence-corrected chi connectivity index (χ4v) is 3.72. The highest BCUT2D eigenvalue weighted by atomic mass is 16.2. The Hall–Kier alpha value is -3.08. The molecule has 0 saturated carbocycles. The second-order valence-corrected chi connectivity index (χ2v) is 6.95. The van der Waals surface area contributed by atoms with E-state index in [1.807, 2.05) is 59.1 Å². The SMILES string of the molecule is Cc1cccnc1N1CCN(C(=O)c2ccc(-c3ccccc3)n2C)CC1. The van der Waals surface area contributed by atoms with E-state index >= 15 is 0 Å². The zero-order valence-electron chi connectivity index (χ0n) is 15.8. The van der Waals surface area contributed by atoms with Gasteiger partial charge >= 0.3 is 0 Å². The lowest BCUT2D eigenvalue weighted by Gasteiger charge is -2.36. The number of benzene rings is 1. The Morgan fingerprint density at radius 1 is 0.926 bits per heavy atom. The van der Waals surface area contributed by atoms with Gasteiger partial charge in [0.15, 0.2) is 0 Å². The summed E-state index contributed by atoms with van der Waals surface area (Å²) in [5.41, 5.74) is 4.08. The molecule has 2 aromatic heterocycles. The number of aromatic nitrogens is 2. The Kier molecular flexibility index (Phi) is 4.67. The minimum atomic E-state index is 0.0945. The van der Waals surface area contributed by atoms with Gasteiger partial charge in [-0.3, -0.25) is 4.79 Å². The molecule has 1 amide bonds. The first-order chi connectivity index (χ1) is 13.1. The summed E-state index contributed by atoms with van der Waals surface area (Å²) >= 11 is 0. The third-order valence-corrected chi connectivity index (χ3v) is 5.26. The van der Waals surface area contributed by atoms with E-state index in [2.05, 4.69) is 35.0 Å². The summed E-state index contributed by atoms with van der Waals surface area (Å²) < 4.78 is 1.99. The summed E-state index contributed by atoms with van der Waals surface area (Å²) in [5.74, 6) is 1.12. The largest absolute Gasteiger partial charge is 0.353 e. The molecule has 1 aliphatic heterocycles. The fraction of sp³-hybridized carbons (Fsp3) is 0.273. The number of piperazine rings is 1. The van der Waals surface area contributed by atoms with Crippen molar-refractivity contribution in [1.82, 2.24) is 14.5 Å². The van der Waals surface area contributed by atoms with Gasteiger partial charge in [0.05, 0.1) is 0 Å². The van der Waals surface area contributed by atoms with E-state index < -0.39 is 0 Å². The number of aryl methyl sites for hydroxylation is 1. The number of carbonyl (C=O) groups is 1. The van der Waals surface area contributed by atoms with Crippen molar-refractivity contribution in [1.29, 1.82) is 0 Å². The quantitative estimate of drug-likeness (QED) is 0.719. The molecule has 0 radical (unpaired) electrons. The molecule has 3 heterocycles. The predicted molar refractivity (Wildman–Crippen MR) is 108 cm³/mol. The Balaban J connectivity index is 1.47. The minimum Gasteiger partial charge on any atom is -0.353 e. The van der Waals surface area contributed by atoms with Crippen LogP contribution < -0.4 is 4.90 Å². The molecule has 0 bridgehead atoms. The third-order valence-electron chi connectivity index (χ3n) is 5.26. The first-order valence-electron chi connectivity index (χ1n) is 9.32. The van der Waals surface area contributed by atoms with Crippen LogP contribution in [0.1, 0.15) is 16.1 Å². The van der Waals surface area contributed by atoms with E-state index in [9.17, 15) is 4.79 Å². The maximum Gasteiger partial charge on any atom is 0.270 e. The van der Waals surface area contributed by atoms with Crippen LogP contribution in [0.5, 0.6) is 0 Å². The van der Waals surface area contributed by atoms with Gasteiger partial charge in [-0.25, -0.2) is 4.98 Å². The number of hydrogen-bond acceptors (Lipinski definition) is 3. The molecule has 0 unspecified atom stereocenters. The van der Waals surface area contributed by atoms with Gasteiger partial charge in [0.25, 0.3) is 5.91 Å². The van der Waals surface area contributed by atoms with E-state index in [0.717, 1.165) is 35.9 Å². The lowest BCUT2D eigenvalue weighted by Crippen LogP contribution is -2.49. The lowest BCUT2D eigenvalue weighted by atomic mass is 10.2. The van der Waals surface area contributed by atoms with E-state index in [-0.39, 0.29) is 5.91 Å². The van der Waals surface area contributed by atoms with E-state index in [1.165, 1.54) is 5.56 Å². The number of nitrogens with zero attached hydrogens (tertiary/aromatic N) is 4. The number of carbonyl (C=O) groups excluding carboxylic acids is 1. The summed E-state index contributed by atoms with van der Waals surface area (Å²) in [6.07, 6.45) is 1.83. The smallest absolute Gasteiger partial charge is 0.270 e. The van der Waals surface area contributed by atoms with Gasteiger partial charge in [0.1, 0.15) is 11.5 Å². The van der Waals surface area contributed by atoms with Crippen molar-refractivity contribution in [2.75, 3.05) is 31.1 Å². The van der Waals surface area contributed by atoms with Gasteiger partial charge in [-0.15, -0.1) is 0 Å². The molecule has 0 aliphatic carbocycles. The number of amides is 1. The molecule has 138 valence electrons. The van der Waals surface area contributed by atoms with Gasteiger partial charge in [-0.2, -0.15) is 0 Å². The molecule has 0 spiro atoms. The monoisotopic (exact) mass is 360 g/mol. The highest BCUT2D eigenvalue weighted by Gasteiger charge is 2.25. The zero-order valence-corrected chi connectivity index (χ0v) is 15.8. The van der Waals surface area contributed by atoms with Crippen LogP contribution in [0, 0.1) is 6.92 Å². The first-order valence-corrected chi connectivity index (χ1v) is 9.32. The fourth-order valence-electron chi connectivity index (χ4n) is 3.72. The molecule has 1 saturated heterocycles. The highest BCUT2D eigenvalue weighted by Crippen LogP contribution is 2.23. The van der Waals surface area contributed by atoms with Crippen LogP contribution in [-0.2, 0) is 7.05 Å². The molecule has 1 aliphatic rings. The Morgan fingerprint density at radius 3 is 2.37 bits per heavy atom. The minimum absolute atomic E-state index is 0.0945. The molecule has 0 N–H and O–H groups in total. The summed E-state index contributed by atoms with van der Waals surface area (Å²) in [5, 5.41) is 0. The topological polar surface area (TPSA) is 41.4 Å². The van der Waals surface area contributed by atoms with E-state index in [4.69, 9.17) is 0 Å². The molecule has 1 fully saturated rings. The molecule has 3 aromatic rings. The molecule has 0 atom stereocenters. The molecule has 1 aromatic carbocycles. The van der Waals surface area contributed by atoms with Gasteiger partial charge in [-0.1, -0.05) is 36.4 Å². The molecular formula is C22H24N4O. The second-order valence-electron chi connectivity index (χ2n) is 6.95. The van der Waals surface area contributed by atoms with E-state index in [1.54, 1.807) is 0 Å². The number of anilines is 1. The Labute approximate surface area is 159 Å². The Morgan fingerprint density at radius 2 is 1.67 bits per heavy atom. The van der Waals surface area contributed by atoms with Crippen LogP contribution in [0.25, 0.3) is 11.3 Å². The van der Waals surface area contributed by atoms with Crippen molar-refractivity contribution < 1.29 is 4.79 Å². The molecule has 27 heavy (non-hydrogen) atoms. The first kappa shape index (κ1) is 17.3. The molecular weight excluding hydrogens is 336 g/mol. The second kappa shape index (κ2) is 7.27. The van der Waals surface area contributed by atoms with Crippen molar-refractivity contribution in [3.63, 3.8) is 0 Å². The standard InChI is InChI=1S/C22H24N4O/c1-17-7-6-12-23-21(17)25-13-15-26(16-14-25)22(27)20-11-10-19(24(20)2)18-8-4-3-5-9-18/h3-12H,13-16H2,1-2H3. The zero-order chi connectivity index (χ0) is 18.8. The van der Waals surface area contributed by atoms with Crippen molar-refractivity contribution in [2.45, 2.75) is 6.92 Å². The number of pyridine rings is 1. The van der Waals surface area contributed by atoms with Crippen LogP contribution in [0.2, 0.25) is 0 Å². The van der Waals surface area contributed by atoms with Gasteiger partial charge in [-0.05, 0) is 36.2 Å². The van der Waals surface area contributed by atoms with Gasteiger partial charge in [0, 0.05) is 45.1 Å². The van der Waals surface area contributed by atoms with Gasteiger partial charge < -0.3 is 14.4 Å². The van der Waals surface area contributed by atoms with Crippen molar-refractivity contribution in [3.8, 4) is 11.3 Å². The van der Waals surface area contributed by atoms with Crippen LogP contribution in [0.3, 0.4) is 0 Å². The molecule has 4 rings (SSSR count). The van der Waals surface area contributed by atoms with Crippen LogP contribution >= 0.6 is 0 Å². The highest BCUT2D eigenvalue weighted by molar-refractivity contribution is 5.94. The normalized spacial score (nSPS) is 14.4. The van der Waals surface area contributed by atoms with E-state index in [0.29, 0.717) is 13.1 Å². The average molecular weight is 360 g/mol. The van der Waals surface area contributed by atoms with Crippen LogP contribution in [0.15, 0.2) is 60.8 Å². The van der Waals surface area contributed by atoms with Crippen molar-refractivity contribution >= 4 is 11.7 Å².